The molecule has 0 bridgehead atoms. The number of ether oxygens (including phenoxy) is 1. The summed E-state index contributed by atoms with van der Waals surface area (Å²) in [6.07, 6.45) is 0. The molecule has 2 heterocycles. The Hall–Kier alpha value is -1.54. The first-order valence-corrected chi connectivity index (χ1v) is 9.94. The van der Waals surface area contributed by atoms with Crippen LogP contribution in [0.1, 0.15) is 12.5 Å². The maximum absolute atomic E-state index is 11.9. The Labute approximate surface area is 139 Å². The molecular formula is C15H18N2O4S2. The standard InChI is InChI=1S/C15H18N2O4S2/c1-10(18)16-15-17(7-11-3-5-12(21-2)6-4-11)13-8-23(19,20)9-14(13)22-15/h3-6,13-14H,7-9H2,1-2H3/t13-,14-/m0/s1. The van der Waals surface area contributed by atoms with Gasteiger partial charge in [-0.2, -0.15) is 4.99 Å². The molecule has 0 saturated carbocycles. The fourth-order valence-electron chi connectivity index (χ4n) is 2.88. The molecular weight excluding hydrogens is 336 g/mol. The number of methoxy groups -OCH3 is 1. The van der Waals surface area contributed by atoms with Crippen LogP contribution in [0.4, 0.5) is 0 Å². The van der Waals surface area contributed by atoms with E-state index in [0.29, 0.717) is 11.7 Å². The van der Waals surface area contributed by atoms with Gasteiger partial charge in [0.1, 0.15) is 5.75 Å². The van der Waals surface area contributed by atoms with Crippen LogP contribution in [-0.2, 0) is 21.2 Å². The van der Waals surface area contributed by atoms with Crippen LogP contribution in [0.2, 0.25) is 0 Å². The normalized spacial score (nSPS) is 27.2. The van der Waals surface area contributed by atoms with Crippen LogP contribution >= 0.6 is 11.8 Å². The lowest BCUT2D eigenvalue weighted by molar-refractivity contribution is -0.115. The zero-order chi connectivity index (χ0) is 16.6. The van der Waals surface area contributed by atoms with E-state index in [9.17, 15) is 13.2 Å². The van der Waals surface area contributed by atoms with Gasteiger partial charge < -0.3 is 9.64 Å². The van der Waals surface area contributed by atoms with Gasteiger partial charge >= 0.3 is 0 Å². The van der Waals surface area contributed by atoms with Gasteiger partial charge in [-0.05, 0) is 17.7 Å². The second kappa shape index (κ2) is 6.16. The Morgan fingerprint density at radius 1 is 1.35 bits per heavy atom. The van der Waals surface area contributed by atoms with Crippen molar-refractivity contribution >= 4 is 32.7 Å². The van der Waals surface area contributed by atoms with Gasteiger partial charge in [0.05, 0.1) is 24.7 Å². The highest BCUT2D eigenvalue weighted by molar-refractivity contribution is 8.15. The highest BCUT2D eigenvalue weighted by Crippen LogP contribution is 2.39. The monoisotopic (exact) mass is 354 g/mol. The third-order valence-corrected chi connectivity index (χ3v) is 7.19. The molecule has 0 aromatic heterocycles. The molecule has 2 saturated heterocycles. The number of aliphatic imine (C=N–C) groups is 1. The SMILES string of the molecule is COc1ccc(CN2C(=NC(C)=O)S[C@H]3CS(=O)(=O)C[C@@H]32)cc1. The van der Waals surface area contributed by atoms with E-state index in [1.165, 1.54) is 18.7 Å². The molecule has 0 radical (unpaired) electrons. The van der Waals surface area contributed by atoms with E-state index >= 15 is 0 Å². The molecule has 2 fully saturated rings. The second-order valence-electron chi connectivity index (χ2n) is 5.69. The van der Waals surface area contributed by atoms with Gasteiger partial charge in [0.15, 0.2) is 15.0 Å². The quantitative estimate of drug-likeness (QED) is 0.815. The summed E-state index contributed by atoms with van der Waals surface area (Å²) in [6.45, 7) is 1.93. The van der Waals surface area contributed by atoms with Gasteiger partial charge in [0.2, 0.25) is 5.91 Å². The van der Waals surface area contributed by atoms with Crippen molar-refractivity contribution in [2.24, 2.45) is 4.99 Å². The number of amidine groups is 1. The first kappa shape index (κ1) is 16.3. The van der Waals surface area contributed by atoms with Crippen molar-refractivity contribution < 1.29 is 17.9 Å². The fourth-order valence-corrected chi connectivity index (χ4v) is 6.88. The smallest absolute Gasteiger partial charge is 0.244 e. The number of carbonyl (C=O) groups is 1. The van der Waals surface area contributed by atoms with Crippen LogP contribution in [0.3, 0.4) is 0 Å². The molecule has 2 aliphatic rings. The zero-order valence-electron chi connectivity index (χ0n) is 12.9. The van der Waals surface area contributed by atoms with Gasteiger partial charge in [-0.1, -0.05) is 23.9 Å². The summed E-state index contributed by atoms with van der Waals surface area (Å²) >= 11 is 1.40. The van der Waals surface area contributed by atoms with Crippen LogP contribution in [0.15, 0.2) is 29.3 Å². The summed E-state index contributed by atoms with van der Waals surface area (Å²) in [5.41, 5.74) is 1.02. The minimum absolute atomic E-state index is 0.0450. The molecule has 0 unspecified atom stereocenters. The number of hydrogen-bond acceptors (Lipinski definition) is 5. The number of sulfone groups is 1. The highest BCUT2D eigenvalue weighted by atomic mass is 32.2. The summed E-state index contributed by atoms with van der Waals surface area (Å²) in [7, 11) is -1.41. The van der Waals surface area contributed by atoms with Crippen molar-refractivity contribution in [3.63, 3.8) is 0 Å². The predicted octanol–water partition coefficient (Wildman–Crippen LogP) is 1.31. The average molecular weight is 354 g/mol. The Morgan fingerprint density at radius 3 is 2.65 bits per heavy atom. The first-order valence-electron chi connectivity index (χ1n) is 7.24. The molecule has 124 valence electrons. The highest BCUT2D eigenvalue weighted by Gasteiger charge is 2.48. The van der Waals surface area contributed by atoms with Crippen LogP contribution in [0.5, 0.6) is 5.75 Å². The third-order valence-electron chi connectivity index (χ3n) is 3.94. The lowest BCUT2D eigenvalue weighted by Gasteiger charge is -2.24. The van der Waals surface area contributed by atoms with Crippen LogP contribution in [0.25, 0.3) is 0 Å². The Balaban J connectivity index is 1.86. The van der Waals surface area contributed by atoms with E-state index in [4.69, 9.17) is 4.74 Å². The van der Waals surface area contributed by atoms with Crippen molar-refractivity contribution in [1.29, 1.82) is 0 Å². The maximum Gasteiger partial charge on any atom is 0.244 e. The van der Waals surface area contributed by atoms with Gasteiger partial charge in [-0.3, -0.25) is 4.79 Å². The third kappa shape index (κ3) is 3.53. The van der Waals surface area contributed by atoms with E-state index < -0.39 is 9.84 Å². The lowest BCUT2D eigenvalue weighted by atomic mass is 10.1. The Kier molecular flexibility index (Phi) is 4.37. The average Bonchev–Trinajstić information content (AvgIpc) is 2.92. The zero-order valence-corrected chi connectivity index (χ0v) is 14.6. The molecule has 1 amide bonds. The van der Waals surface area contributed by atoms with E-state index in [1.54, 1.807) is 7.11 Å². The number of fused-ring (bicyclic) bond motifs is 1. The predicted molar refractivity (Wildman–Crippen MR) is 90.5 cm³/mol. The summed E-state index contributed by atoms with van der Waals surface area (Å²) < 4.78 is 28.9. The molecule has 3 rings (SSSR count). The lowest BCUT2D eigenvalue weighted by Crippen LogP contribution is -2.37. The van der Waals surface area contributed by atoms with Crippen LogP contribution < -0.4 is 4.74 Å². The van der Waals surface area contributed by atoms with Crippen molar-refractivity contribution in [2.75, 3.05) is 18.6 Å². The summed E-state index contributed by atoms with van der Waals surface area (Å²) in [5.74, 6) is 0.773. The second-order valence-corrected chi connectivity index (χ2v) is 9.05. The molecule has 1 aromatic rings. The number of amides is 1. The number of thioether (sulfide) groups is 1. The summed E-state index contributed by atoms with van der Waals surface area (Å²) in [5, 5.41) is 0.578. The first-order chi connectivity index (χ1) is 10.9. The van der Waals surface area contributed by atoms with E-state index in [0.717, 1.165) is 11.3 Å². The van der Waals surface area contributed by atoms with Gasteiger partial charge in [0, 0.05) is 18.7 Å². The number of hydrogen-bond donors (Lipinski definition) is 0. The molecule has 8 heteroatoms. The van der Waals surface area contributed by atoms with Crippen molar-refractivity contribution in [3.05, 3.63) is 29.8 Å². The number of nitrogens with zero attached hydrogens (tertiary/aromatic N) is 2. The minimum atomic E-state index is -3.02. The van der Waals surface area contributed by atoms with Crippen molar-refractivity contribution in [2.45, 2.75) is 24.8 Å². The summed E-state index contributed by atoms with van der Waals surface area (Å²) in [4.78, 5) is 17.4. The Morgan fingerprint density at radius 2 is 2.04 bits per heavy atom. The van der Waals surface area contributed by atoms with Gasteiger partial charge in [-0.25, -0.2) is 8.42 Å². The number of benzene rings is 1. The topological polar surface area (TPSA) is 76.0 Å². The molecule has 0 spiro atoms. The van der Waals surface area contributed by atoms with E-state index in [1.807, 2.05) is 29.2 Å². The van der Waals surface area contributed by atoms with Crippen molar-refractivity contribution in [3.8, 4) is 5.75 Å². The Bertz CT molecular complexity index is 743. The van der Waals surface area contributed by atoms with E-state index in [-0.39, 0.29) is 28.7 Å². The van der Waals surface area contributed by atoms with Crippen molar-refractivity contribution in [1.82, 2.24) is 4.90 Å². The largest absolute Gasteiger partial charge is 0.497 e. The van der Waals surface area contributed by atoms with E-state index in [2.05, 4.69) is 4.99 Å². The summed E-state index contributed by atoms with van der Waals surface area (Å²) in [6, 6.07) is 7.48. The molecule has 2 atom stereocenters. The van der Waals surface area contributed by atoms with Gasteiger partial charge in [0.25, 0.3) is 0 Å². The van der Waals surface area contributed by atoms with Crippen LogP contribution in [0, 0.1) is 0 Å². The maximum atomic E-state index is 11.9. The molecule has 0 N–H and O–H groups in total. The number of rotatable bonds is 3. The molecule has 23 heavy (non-hydrogen) atoms. The molecule has 1 aromatic carbocycles. The van der Waals surface area contributed by atoms with Crippen LogP contribution in [-0.4, -0.2) is 54.3 Å². The molecule has 6 nitrogen and oxygen atoms in total. The minimum Gasteiger partial charge on any atom is -0.497 e. The molecule has 2 aliphatic heterocycles. The van der Waals surface area contributed by atoms with Gasteiger partial charge in [-0.15, -0.1) is 0 Å². The fraction of sp³-hybridized carbons (Fsp3) is 0.467. The number of carbonyl (C=O) groups excluding carboxylic acids is 1. The molecule has 0 aliphatic carbocycles.